The largest absolute Gasteiger partial charge is 0.271 e. The molecule has 0 aliphatic heterocycles. The maximum Gasteiger partial charge on any atom is 0.271 e. The van der Waals surface area contributed by atoms with Gasteiger partial charge in [-0.2, -0.15) is 0 Å². The van der Waals surface area contributed by atoms with E-state index in [1.807, 2.05) is 0 Å². The minimum Gasteiger partial charge on any atom is -0.258 e. The molecule has 1 aromatic rings. The Bertz CT molecular complexity index is 660. The van der Waals surface area contributed by atoms with Crippen molar-refractivity contribution in [1.29, 1.82) is 0 Å². The van der Waals surface area contributed by atoms with Crippen molar-refractivity contribution < 1.29 is 13.3 Å². The zero-order valence-corrected chi connectivity index (χ0v) is 12.2. The molecule has 0 unspecified atom stereocenters. The Morgan fingerprint density at radius 2 is 2.05 bits per heavy atom. The minimum atomic E-state index is -3.77. The Morgan fingerprint density at radius 1 is 1.40 bits per heavy atom. The predicted octanol–water partition coefficient (Wildman–Crippen LogP) is 1.90. The predicted molar refractivity (Wildman–Crippen MR) is 75.8 cm³/mol. The Morgan fingerprint density at radius 3 is 2.60 bits per heavy atom. The van der Waals surface area contributed by atoms with Crippen LogP contribution in [0.4, 0.5) is 5.69 Å². The molecule has 0 amide bonds. The molecule has 7 heteroatoms. The first kappa shape index (κ1) is 16.1. The quantitative estimate of drug-likeness (QED) is 0.376. The number of nitrogens with one attached hydrogen (secondary N) is 1. The van der Waals surface area contributed by atoms with Gasteiger partial charge in [0.25, 0.3) is 5.69 Å². The highest BCUT2D eigenvalue weighted by Crippen LogP contribution is 2.25. The summed E-state index contributed by atoms with van der Waals surface area (Å²) in [4.78, 5) is 10.1. The van der Waals surface area contributed by atoms with Crippen molar-refractivity contribution in [2.24, 2.45) is 0 Å². The van der Waals surface area contributed by atoms with Gasteiger partial charge in [-0.25, -0.2) is 13.1 Å². The molecule has 1 aromatic carbocycles. The summed E-state index contributed by atoms with van der Waals surface area (Å²) in [7, 11) is -3.77. The highest BCUT2D eigenvalue weighted by atomic mass is 32.2. The molecule has 1 rings (SSSR count). The number of hydrogen-bond acceptors (Lipinski definition) is 4. The van der Waals surface area contributed by atoms with Gasteiger partial charge in [0.15, 0.2) is 0 Å². The molecule has 0 aliphatic carbocycles. The van der Waals surface area contributed by atoms with Crippen molar-refractivity contribution in [1.82, 2.24) is 4.72 Å². The molecule has 0 aliphatic rings. The van der Waals surface area contributed by atoms with Crippen molar-refractivity contribution in [3.8, 4) is 12.3 Å². The number of hydrogen-bond donors (Lipinski definition) is 1. The smallest absolute Gasteiger partial charge is 0.258 e. The summed E-state index contributed by atoms with van der Waals surface area (Å²) in [5, 5.41) is 10.8. The summed E-state index contributed by atoms with van der Waals surface area (Å²) in [6.45, 7) is 3.46. The van der Waals surface area contributed by atoms with E-state index in [9.17, 15) is 18.5 Å². The molecule has 20 heavy (non-hydrogen) atoms. The lowest BCUT2D eigenvalue weighted by Crippen LogP contribution is -2.25. The fraction of sp³-hybridized carbons (Fsp3) is 0.385. The maximum absolute atomic E-state index is 12.2. The number of terminal acetylenes is 1. The van der Waals surface area contributed by atoms with E-state index in [1.54, 1.807) is 13.8 Å². The molecule has 0 radical (unpaired) electrons. The van der Waals surface area contributed by atoms with Crippen LogP contribution in [0, 0.1) is 36.3 Å². The van der Waals surface area contributed by atoms with Crippen molar-refractivity contribution in [2.75, 3.05) is 6.54 Å². The third-order valence-corrected chi connectivity index (χ3v) is 4.48. The van der Waals surface area contributed by atoms with E-state index < -0.39 is 14.9 Å². The van der Waals surface area contributed by atoms with Gasteiger partial charge in [0.1, 0.15) is 0 Å². The van der Waals surface area contributed by atoms with Gasteiger partial charge in [0, 0.05) is 25.1 Å². The van der Waals surface area contributed by atoms with E-state index in [4.69, 9.17) is 6.42 Å². The molecule has 0 bridgehead atoms. The van der Waals surface area contributed by atoms with Crippen LogP contribution >= 0.6 is 0 Å². The van der Waals surface area contributed by atoms with Crippen molar-refractivity contribution in [3.05, 3.63) is 33.4 Å². The lowest BCUT2D eigenvalue weighted by atomic mass is 10.1. The molecule has 0 heterocycles. The Kier molecular flexibility index (Phi) is 5.25. The number of benzene rings is 1. The topological polar surface area (TPSA) is 89.3 Å². The summed E-state index contributed by atoms with van der Waals surface area (Å²) in [5.41, 5.74) is 0.820. The van der Waals surface area contributed by atoms with E-state index in [2.05, 4.69) is 10.6 Å². The molecule has 0 saturated heterocycles. The molecule has 0 atom stereocenters. The standard InChI is InChI=1S/C13H16N2O4S/c1-4-5-6-7-14-20(18,19)13-9-12(15(16)17)8-10(2)11(13)3/h1,8-9,14H,5-7H2,2-3H3. The molecule has 0 spiro atoms. The monoisotopic (exact) mass is 296 g/mol. The third-order valence-electron chi connectivity index (χ3n) is 2.89. The molecule has 0 saturated carbocycles. The van der Waals surface area contributed by atoms with Crippen molar-refractivity contribution in [3.63, 3.8) is 0 Å². The van der Waals surface area contributed by atoms with Crippen molar-refractivity contribution in [2.45, 2.75) is 31.6 Å². The van der Waals surface area contributed by atoms with Gasteiger partial charge < -0.3 is 0 Å². The van der Waals surface area contributed by atoms with Gasteiger partial charge in [-0.05, 0) is 31.4 Å². The average Bonchev–Trinajstić information content (AvgIpc) is 2.37. The minimum absolute atomic E-state index is 0.0649. The number of nitro groups is 1. The molecule has 0 aromatic heterocycles. The number of nitrogens with zero attached hydrogens (tertiary/aromatic N) is 1. The van der Waals surface area contributed by atoms with Crippen molar-refractivity contribution >= 4 is 15.7 Å². The van der Waals surface area contributed by atoms with Crippen LogP contribution in [0.5, 0.6) is 0 Å². The van der Waals surface area contributed by atoms with Crippen LogP contribution in [0.1, 0.15) is 24.0 Å². The van der Waals surface area contributed by atoms with Crippen LogP contribution in [-0.4, -0.2) is 19.9 Å². The fourth-order valence-corrected chi connectivity index (χ4v) is 3.08. The Hall–Kier alpha value is -1.91. The van der Waals surface area contributed by atoms with Gasteiger partial charge in [-0.1, -0.05) is 0 Å². The first-order valence-corrected chi connectivity index (χ1v) is 7.46. The van der Waals surface area contributed by atoms with Gasteiger partial charge >= 0.3 is 0 Å². The molecule has 0 fully saturated rings. The average molecular weight is 296 g/mol. The first-order valence-electron chi connectivity index (χ1n) is 5.98. The number of nitro benzene ring substituents is 1. The van der Waals surface area contributed by atoms with Crippen LogP contribution in [0.3, 0.4) is 0 Å². The Labute approximate surface area is 118 Å². The number of sulfonamides is 1. The number of aryl methyl sites for hydroxylation is 1. The summed E-state index contributed by atoms with van der Waals surface area (Å²) < 4.78 is 26.7. The normalized spacial score (nSPS) is 11.1. The van der Waals surface area contributed by atoms with Crippen LogP contribution in [0.25, 0.3) is 0 Å². The van der Waals surface area contributed by atoms with E-state index in [0.29, 0.717) is 24.0 Å². The van der Waals surface area contributed by atoms with E-state index in [1.165, 1.54) is 6.07 Å². The second-order valence-corrected chi connectivity index (χ2v) is 6.08. The molecular formula is C13H16N2O4S. The van der Waals surface area contributed by atoms with E-state index >= 15 is 0 Å². The lowest BCUT2D eigenvalue weighted by molar-refractivity contribution is -0.385. The Balaban J connectivity index is 3.11. The van der Waals surface area contributed by atoms with Crippen LogP contribution in [-0.2, 0) is 10.0 Å². The molecule has 1 N–H and O–H groups in total. The van der Waals surface area contributed by atoms with Gasteiger partial charge in [0.2, 0.25) is 10.0 Å². The highest BCUT2D eigenvalue weighted by Gasteiger charge is 2.21. The molecular weight excluding hydrogens is 280 g/mol. The van der Waals surface area contributed by atoms with Gasteiger partial charge in [0.05, 0.1) is 9.82 Å². The highest BCUT2D eigenvalue weighted by molar-refractivity contribution is 7.89. The third kappa shape index (κ3) is 3.79. The number of rotatable bonds is 6. The number of non-ortho nitro benzene ring substituents is 1. The van der Waals surface area contributed by atoms with E-state index in [-0.39, 0.29) is 17.1 Å². The second kappa shape index (κ2) is 6.50. The van der Waals surface area contributed by atoms with Crippen LogP contribution in [0.15, 0.2) is 17.0 Å². The maximum atomic E-state index is 12.2. The van der Waals surface area contributed by atoms with Gasteiger partial charge in [-0.3, -0.25) is 10.1 Å². The lowest BCUT2D eigenvalue weighted by Gasteiger charge is -2.10. The molecule has 6 nitrogen and oxygen atoms in total. The van der Waals surface area contributed by atoms with E-state index in [0.717, 1.165) is 6.07 Å². The SMILES string of the molecule is C#CCCCNS(=O)(=O)c1cc([N+](=O)[O-])cc(C)c1C. The summed E-state index contributed by atoms with van der Waals surface area (Å²) in [6, 6.07) is 2.43. The second-order valence-electron chi connectivity index (χ2n) is 4.35. The fourth-order valence-electron chi connectivity index (χ4n) is 1.67. The zero-order valence-electron chi connectivity index (χ0n) is 11.3. The summed E-state index contributed by atoms with van der Waals surface area (Å²) in [6.07, 6.45) is 6.07. The molecule has 108 valence electrons. The summed E-state index contributed by atoms with van der Waals surface area (Å²) >= 11 is 0. The van der Waals surface area contributed by atoms with Crippen LogP contribution in [0.2, 0.25) is 0 Å². The first-order chi connectivity index (χ1) is 9.29. The summed E-state index contributed by atoms with van der Waals surface area (Å²) in [5.74, 6) is 2.41. The van der Waals surface area contributed by atoms with Gasteiger partial charge in [-0.15, -0.1) is 12.3 Å². The van der Waals surface area contributed by atoms with Crippen LogP contribution < -0.4 is 4.72 Å². The zero-order chi connectivity index (χ0) is 15.3. The number of unbranched alkanes of at least 4 members (excludes halogenated alkanes) is 1.